The largest absolute Gasteiger partial charge is 0.393 e. The van der Waals surface area contributed by atoms with Crippen LogP contribution in [0.4, 0.5) is 5.69 Å². The lowest BCUT2D eigenvalue weighted by Crippen LogP contribution is -2.33. The standard InChI is InChI=1S/C15H22ClN3O2/c16-12-8-18-19(9-10-5-6-10)15(21)14(12)17-7-11-3-1-2-4-13(11)20/h8,10-11,13,17,20H,1-7,9H2. The summed E-state index contributed by atoms with van der Waals surface area (Å²) in [6.07, 6.45) is 7.67. The summed E-state index contributed by atoms with van der Waals surface area (Å²) in [7, 11) is 0. The number of rotatable bonds is 5. The molecule has 3 rings (SSSR count). The molecule has 1 aromatic rings. The van der Waals surface area contributed by atoms with Crippen molar-refractivity contribution in [2.24, 2.45) is 11.8 Å². The van der Waals surface area contributed by atoms with Crippen LogP contribution < -0.4 is 10.9 Å². The first-order valence-corrected chi connectivity index (χ1v) is 8.20. The smallest absolute Gasteiger partial charge is 0.291 e. The van der Waals surface area contributed by atoms with Gasteiger partial charge in [-0.3, -0.25) is 4.79 Å². The van der Waals surface area contributed by atoms with E-state index in [1.165, 1.54) is 23.7 Å². The van der Waals surface area contributed by atoms with E-state index in [1.807, 2.05) is 0 Å². The van der Waals surface area contributed by atoms with E-state index in [2.05, 4.69) is 10.4 Å². The molecule has 2 unspecified atom stereocenters. The predicted molar refractivity (Wildman–Crippen MR) is 82.7 cm³/mol. The molecule has 1 heterocycles. The topological polar surface area (TPSA) is 67.2 Å². The molecule has 5 nitrogen and oxygen atoms in total. The van der Waals surface area contributed by atoms with Crippen LogP contribution in [0, 0.1) is 11.8 Å². The van der Waals surface area contributed by atoms with Crippen molar-refractivity contribution in [2.75, 3.05) is 11.9 Å². The number of anilines is 1. The van der Waals surface area contributed by atoms with Gasteiger partial charge in [-0.05, 0) is 31.6 Å². The van der Waals surface area contributed by atoms with Crippen molar-refractivity contribution in [3.05, 3.63) is 21.6 Å². The number of aliphatic hydroxyl groups is 1. The number of aliphatic hydroxyl groups excluding tert-OH is 1. The van der Waals surface area contributed by atoms with E-state index in [0.717, 1.165) is 25.7 Å². The van der Waals surface area contributed by atoms with Crippen molar-refractivity contribution in [3.8, 4) is 0 Å². The average molecular weight is 312 g/mol. The molecule has 1 aromatic heterocycles. The summed E-state index contributed by atoms with van der Waals surface area (Å²) in [6, 6.07) is 0. The Labute approximate surface area is 129 Å². The zero-order valence-corrected chi connectivity index (χ0v) is 12.9. The molecule has 2 aliphatic rings. The molecule has 2 aliphatic carbocycles. The molecule has 0 amide bonds. The van der Waals surface area contributed by atoms with E-state index in [9.17, 15) is 9.90 Å². The van der Waals surface area contributed by atoms with Crippen LogP contribution in [0.2, 0.25) is 5.02 Å². The fraction of sp³-hybridized carbons (Fsp3) is 0.733. The normalized spacial score (nSPS) is 25.8. The number of aromatic nitrogens is 2. The highest BCUT2D eigenvalue weighted by molar-refractivity contribution is 6.32. The Morgan fingerprint density at radius 2 is 2.10 bits per heavy atom. The van der Waals surface area contributed by atoms with Crippen LogP contribution in [0.15, 0.2) is 11.0 Å². The Kier molecular flexibility index (Phi) is 4.50. The van der Waals surface area contributed by atoms with Crippen LogP contribution in [0.1, 0.15) is 38.5 Å². The van der Waals surface area contributed by atoms with Gasteiger partial charge in [0.15, 0.2) is 0 Å². The van der Waals surface area contributed by atoms with Crippen molar-refractivity contribution in [1.29, 1.82) is 0 Å². The van der Waals surface area contributed by atoms with Gasteiger partial charge < -0.3 is 10.4 Å². The highest BCUT2D eigenvalue weighted by atomic mass is 35.5. The van der Waals surface area contributed by atoms with Gasteiger partial charge in [0.1, 0.15) is 5.69 Å². The van der Waals surface area contributed by atoms with Crippen LogP contribution in [0.25, 0.3) is 0 Å². The minimum atomic E-state index is -0.277. The van der Waals surface area contributed by atoms with Gasteiger partial charge in [-0.25, -0.2) is 4.68 Å². The number of halogens is 1. The molecule has 0 saturated heterocycles. The number of hydrogen-bond acceptors (Lipinski definition) is 4. The van der Waals surface area contributed by atoms with E-state index in [0.29, 0.717) is 29.7 Å². The van der Waals surface area contributed by atoms with E-state index in [4.69, 9.17) is 11.6 Å². The Morgan fingerprint density at radius 1 is 1.33 bits per heavy atom. The molecule has 0 aromatic carbocycles. The summed E-state index contributed by atoms with van der Waals surface area (Å²) in [5.41, 5.74) is 0.268. The van der Waals surface area contributed by atoms with Crippen molar-refractivity contribution in [2.45, 2.75) is 51.2 Å². The molecular formula is C15H22ClN3O2. The number of hydrogen-bond donors (Lipinski definition) is 2. The molecule has 2 saturated carbocycles. The molecule has 2 fully saturated rings. The molecule has 0 bridgehead atoms. The van der Waals surface area contributed by atoms with Gasteiger partial charge in [-0.1, -0.05) is 24.4 Å². The molecule has 21 heavy (non-hydrogen) atoms. The fourth-order valence-electron chi connectivity index (χ4n) is 2.96. The third-order valence-electron chi connectivity index (χ3n) is 4.54. The molecule has 2 atom stereocenters. The second-order valence-corrected chi connectivity index (χ2v) is 6.70. The third-order valence-corrected chi connectivity index (χ3v) is 4.82. The summed E-state index contributed by atoms with van der Waals surface area (Å²) in [4.78, 5) is 12.4. The SMILES string of the molecule is O=c1c(NCC2CCCCC2O)c(Cl)cnn1CC1CC1. The molecular weight excluding hydrogens is 290 g/mol. The Morgan fingerprint density at radius 3 is 2.81 bits per heavy atom. The van der Waals surface area contributed by atoms with Crippen molar-refractivity contribution in [1.82, 2.24) is 9.78 Å². The summed E-state index contributed by atoms with van der Waals surface area (Å²) in [5, 5.41) is 17.6. The van der Waals surface area contributed by atoms with E-state index < -0.39 is 0 Å². The maximum atomic E-state index is 12.4. The van der Waals surface area contributed by atoms with Crippen LogP contribution in [-0.4, -0.2) is 27.5 Å². The Balaban J connectivity index is 1.70. The van der Waals surface area contributed by atoms with E-state index >= 15 is 0 Å². The van der Waals surface area contributed by atoms with E-state index in [1.54, 1.807) is 0 Å². The molecule has 116 valence electrons. The van der Waals surface area contributed by atoms with Gasteiger partial charge in [0, 0.05) is 19.0 Å². The zero-order chi connectivity index (χ0) is 14.8. The van der Waals surface area contributed by atoms with Crippen molar-refractivity contribution in [3.63, 3.8) is 0 Å². The summed E-state index contributed by atoms with van der Waals surface area (Å²) in [6.45, 7) is 1.26. The van der Waals surface area contributed by atoms with Gasteiger partial charge in [0.25, 0.3) is 5.56 Å². The third kappa shape index (κ3) is 3.58. The molecule has 0 radical (unpaired) electrons. The van der Waals surface area contributed by atoms with Crippen molar-refractivity contribution >= 4 is 17.3 Å². The summed E-state index contributed by atoms with van der Waals surface area (Å²) >= 11 is 6.11. The van der Waals surface area contributed by atoms with Gasteiger partial charge in [0.05, 0.1) is 17.3 Å². The first-order chi connectivity index (χ1) is 10.1. The Hall–Kier alpha value is -1.07. The maximum Gasteiger partial charge on any atom is 0.291 e. The number of nitrogens with zero attached hydrogens (tertiary/aromatic N) is 2. The first kappa shape index (κ1) is 14.9. The highest BCUT2D eigenvalue weighted by Gasteiger charge is 2.25. The molecule has 0 spiro atoms. The lowest BCUT2D eigenvalue weighted by molar-refractivity contribution is 0.0763. The first-order valence-electron chi connectivity index (χ1n) is 7.82. The summed E-state index contributed by atoms with van der Waals surface area (Å²) < 4.78 is 1.50. The lowest BCUT2D eigenvalue weighted by atomic mass is 9.86. The average Bonchev–Trinajstić information content (AvgIpc) is 3.28. The van der Waals surface area contributed by atoms with Gasteiger partial charge in [-0.15, -0.1) is 0 Å². The zero-order valence-electron chi connectivity index (χ0n) is 12.1. The van der Waals surface area contributed by atoms with Crippen LogP contribution in [0.3, 0.4) is 0 Å². The molecule has 0 aliphatic heterocycles. The Bertz CT molecular complexity index is 556. The van der Waals surface area contributed by atoms with Gasteiger partial charge in [-0.2, -0.15) is 5.10 Å². The minimum Gasteiger partial charge on any atom is -0.393 e. The fourth-order valence-corrected chi connectivity index (χ4v) is 3.15. The van der Waals surface area contributed by atoms with Crippen molar-refractivity contribution < 1.29 is 5.11 Å². The molecule has 2 N–H and O–H groups in total. The highest BCUT2D eigenvalue weighted by Crippen LogP contribution is 2.30. The second-order valence-electron chi connectivity index (χ2n) is 6.29. The predicted octanol–water partition coefficient (Wildman–Crippen LogP) is 2.27. The van der Waals surface area contributed by atoms with Gasteiger partial charge in [0.2, 0.25) is 0 Å². The van der Waals surface area contributed by atoms with E-state index in [-0.39, 0.29) is 17.6 Å². The van der Waals surface area contributed by atoms with Crippen LogP contribution >= 0.6 is 11.6 Å². The van der Waals surface area contributed by atoms with Crippen LogP contribution in [-0.2, 0) is 6.54 Å². The second kappa shape index (κ2) is 6.36. The quantitative estimate of drug-likeness (QED) is 0.875. The van der Waals surface area contributed by atoms with Crippen LogP contribution in [0.5, 0.6) is 0 Å². The maximum absolute atomic E-state index is 12.4. The summed E-state index contributed by atoms with van der Waals surface area (Å²) in [5.74, 6) is 0.781. The number of nitrogens with one attached hydrogen (secondary N) is 1. The minimum absolute atomic E-state index is 0.153. The molecule has 6 heteroatoms. The monoisotopic (exact) mass is 311 g/mol. The van der Waals surface area contributed by atoms with Gasteiger partial charge >= 0.3 is 0 Å². The lowest BCUT2D eigenvalue weighted by Gasteiger charge is -2.28.